The molecule has 0 aliphatic heterocycles. The Bertz CT molecular complexity index is 1410. The molecule has 7 N–H and O–H groups in total. The Balaban J connectivity index is 2.47. The molecular formula is C55H97N6O4+. The largest absolute Gasteiger partial charge is 0.355 e. The molecule has 4 amide bonds. The lowest BCUT2D eigenvalue weighted by molar-refractivity contribution is -0.415. The molecule has 0 aliphatic rings. The third kappa shape index (κ3) is 38.1. The van der Waals surface area contributed by atoms with Crippen LogP contribution < -0.4 is 27.0 Å². The van der Waals surface area contributed by atoms with Gasteiger partial charge in [-0.2, -0.15) is 0 Å². The van der Waals surface area contributed by atoms with Gasteiger partial charge in [0.2, 0.25) is 17.7 Å². The van der Waals surface area contributed by atoms with Gasteiger partial charge < -0.3 is 27.0 Å². The van der Waals surface area contributed by atoms with E-state index in [2.05, 4.69) is 77.1 Å². The van der Waals surface area contributed by atoms with Crippen molar-refractivity contribution < 1.29 is 24.9 Å². The second-order valence-corrected chi connectivity index (χ2v) is 18.4. The minimum atomic E-state index is -0.862. The van der Waals surface area contributed by atoms with E-state index < -0.39 is 6.04 Å². The number of allylic oxidation sites excluding steroid dienone is 4. The zero-order chi connectivity index (χ0) is 47.3. The van der Waals surface area contributed by atoms with Gasteiger partial charge in [0.15, 0.2) is 0 Å². The number of rotatable bonds is 44. The Morgan fingerprint density at radius 2 is 1.03 bits per heavy atom. The molecule has 0 bridgehead atoms. The van der Waals surface area contributed by atoms with Crippen LogP contribution in [-0.2, 0) is 14.4 Å². The molecule has 370 valence electrons. The number of hydrogen-bond donors (Lipinski definition) is 5. The van der Waals surface area contributed by atoms with Gasteiger partial charge in [0.1, 0.15) is 6.04 Å². The first-order chi connectivity index (χ1) is 31.8. The molecule has 10 heteroatoms. The van der Waals surface area contributed by atoms with E-state index in [1.165, 1.54) is 109 Å². The summed E-state index contributed by atoms with van der Waals surface area (Å²) in [6, 6.07) is 6.83. The van der Waals surface area contributed by atoms with Gasteiger partial charge in [0.05, 0.1) is 12.6 Å². The zero-order valence-corrected chi connectivity index (χ0v) is 41.9. The SMILES string of the molecule is CCCCCCCC/C=C\CCCCCCCC(=O)NCC(NC(=O)CCCCCCC/C=C\CCCCCCCC)C(=O)NCCN=Cc1ccc(C(=O)NCCCCC(C)[NH3+])cc1. The van der Waals surface area contributed by atoms with Crippen molar-refractivity contribution in [1.82, 2.24) is 21.3 Å². The Kier molecular flexibility index (Phi) is 40.2. The molecule has 0 aromatic heterocycles. The highest BCUT2D eigenvalue weighted by molar-refractivity contribution is 5.95. The van der Waals surface area contributed by atoms with Crippen LogP contribution in [-0.4, -0.2) is 68.1 Å². The normalized spacial score (nSPS) is 12.6. The minimum Gasteiger partial charge on any atom is -0.355 e. The Morgan fingerprint density at radius 3 is 1.54 bits per heavy atom. The maximum Gasteiger partial charge on any atom is 0.251 e. The van der Waals surface area contributed by atoms with Gasteiger partial charge in [0, 0.05) is 44.3 Å². The van der Waals surface area contributed by atoms with Crippen LogP contribution in [0.15, 0.2) is 53.6 Å². The van der Waals surface area contributed by atoms with Crippen LogP contribution in [0.25, 0.3) is 0 Å². The molecule has 1 aromatic rings. The van der Waals surface area contributed by atoms with Gasteiger partial charge in [0.25, 0.3) is 5.91 Å². The molecule has 2 unspecified atom stereocenters. The number of nitrogens with one attached hydrogen (secondary N) is 4. The average Bonchev–Trinajstić information content (AvgIpc) is 3.30. The van der Waals surface area contributed by atoms with Crippen LogP contribution in [0, 0.1) is 0 Å². The predicted molar refractivity (Wildman–Crippen MR) is 274 cm³/mol. The van der Waals surface area contributed by atoms with Crippen molar-refractivity contribution in [3.63, 3.8) is 0 Å². The molecule has 0 spiro atoms. The van der Waals surface area contributed by atoms with E-state index in [1.807, 2.05) is 12.1 Å². The number of hydrogen-bond acceptors (Lipinski definition) is 5. The third-order valence-electron chi connectivity index (χ3n) is 11.8. The smallest absolute Gasteiger partial charge is 0.251 e. The summed E-state index contributed by atoms with van der Waals surface area (Å²) in [5.41, 5.74) is 5.46. The second-order valence-electron chi connectivity index (χ2n) is 18.4. The number of unbranched alkanes of at least 4 members (excludes halogenated alkanes) is 23. The molecule has 0 radical (unpaired) electrons. The zero-order valence-electron chi connectivity index (χ0n) is 41.9. The highest BCUT2D eigenvalue weighted by atomic mass is 16.2. The lowest BCUT2D eigenvalue weighted by Gasteiger charge is -2.19. The van der Waals surface area contributed by atoms with Crippen LogP contribution >= 0.6 is 0 Å². The molecular weight excluding hydrogens is 809 g/mol. The fourth-order valence-corrected chi connectivity index (χ4v) is 7.67. The Morgan fingerprint density at radius 1 is 0.554 bits per heavy atom. The Labute approximate surface area is 397 Å². The molecule has 1 rings (SSSR count). The molecule has 2 atom stereocenters. The first-order valence-corrected chi connectivity index (χ1v) is 26.6. The van der Waals surface area contributed by atoms with Gasteiger partial charge in [-0.25, -0.2) is 0 Å². The van der Waals surface area contributed by atoms with E-state index in [-0.39, 0.29) is 36.7 Å². The molecule has 10 nitrogen and oxygen atoms in total. The molecule has 0 aliphatic carbocycles. The monoisotopic (exact) mass is 906 g/mol. The van der Waals surface area contributed by atoms with E-state index in [1.54, 1.807) is 18.3 Å². The molecule has 0 heterocycles. The topological polar surface area (TPSA) is 156 Å². The lowest BCUT2D eigenvalue weighted by Crippen LogP contribution is -2.58. The summed E-state index contributed by atoms with van der Waals surface area (Å²) in [6.07, 6.45) is 45.9. The molecule has 0 fully saturated rings. The summed E-state index contributed by atoms with van der Waals surface area (Å²) >= 11 is 0. The molecule has 0 saturated heterocycles. The van der Waals surface area contributed by atoms with Crippen LogP contribution in [0.5, 0.6) is 0 Å². The number of benzene rings is 1. The summed E-state index contributed by atoms with van der Waals surface area (Å²) in [4.78, 5) is 56.0. The van der Waals surface area contributed by atoms with Crippen molar-refractivity contribution in [3.8, 4) is 0 Å². The number of carbonyl (C=O) groups excluding carboxylic acids is 4. The van der Waals surface area contributed by atoms with E-state index in [0.29, 0.717) is 37.5 Å². The van der Waals surface area contributed by atoms with Crippen molar-refractivity contribution >= 4 is 29.8 Å². The van der Waals surface area contributed by atoms with Crippen LogP contribution in [0.3, 0.4) is 0 Å². The number of aliphatic imine (C=N–C) groups is 1. The number of carbonyl (C=O) groups is 4. The Hall–Kier alpha value is -3.79. The predicted octanol–water partition coefficient (Wildman–Crippen LogP) is 11.4. The number of nitrogens with zero attached hydrogens (tertiary/aromatic N) is 1. The summed E-state index contributed by atoms with van der Waals surface area (Å²) in [5, 5.41) is 11.7. The van der Waals surface area contributed by atoms with Crippen molar-refractivity contribution in [2.45, 2.75) is 232 Å². The fourth-order valence-electron chi connectivity index (χ4n) is 7.67. The van der Waals surface area contributed by atoms with Crippen molar-refractivity contribution in [2.24, 2.45) is 4.99 Å². The summed E-state index contributed by atoms with van der Waals surface area (Å²) < 4.78 is 0. The van der Waals surface area contributed by atoms with Crippen LogP contribution in [0.4, 0.5) is 0 Å². The quantitative estimate of drug-likeness (QED) is 0.0251. The first kappa shape index (κ1) is 59.2. The fraction of sp³-hybridized carbons (Fsp3) is 0.727. The van der Waals surface area contributed by atoms with E-state index in [9.17, 15) is 19.2 Å². The molecule has 65 heavy (non-hydrogen) atoms. The van der Waals surface area contributed by atoms with E-state index in [4.69, 9.17) is 0 Å². The van der Waals surface area contributed by atoms with E-state index >= 15 is 0 Å². The highest BCUT2D eigenvalue weighted by Crippen LogP contribution is 2.12. The van der Waals surface area contributed by atoms with Crippen LogP contribution in [0.1, 0.15) is 236 Å². The van der Waals surface area contributed by atoms with Gasteiger partial charge >= 0.3 is 0 Å². The van der Waals surface area contributed by atoms with E-state index in [0.717, 1.165) is 82.6 Å². The number of amides is 4. The van der Waals surface area contributed by atoms with Crippen molar-refractivity contribution in [1.29, 1.82) is 0 Å². The molecule has 1 aromatic carbocycles. The van der Waals surface area contributed by atoms with Crippen LogP contribution in [0.2, 0.25) is 0 Å². The van der Waals surface area contributed by atoms with Crippen molar-refractivity contribution in [2.75, 3.05) is 26.2 Å². The minimum absolute atomic E-state index is 0.0481. The van der Waals surface area contributed by atoms with Crippen molar-refractivity contribution in [3.05, 3.63) is 59.7 Å². The number of quaternary nitrogens is 1. The second kappa shape index (κ2) is 44.1. The maximum atomic E-state index is 13.3. The molecule has 0 saturated carbocycles. The maximum absolute atomic E-state index is 13.3. The van der Waals surface area contributed by atoms with Gasteiger partial charge in [-0.05, 0) is 108 Å². The van der Waals surface area contributed by atoms with Gasteiger partial charge in [-0.1, -0.05) is 153 Å². The van der Waals surface area contributed by atoms with Gasteiger partial charge in [-0.15, -0.1) is 0 Å². The summed E-state index contributed by atoms with van der Waals surface area (Å²) in [7, 11) is 0. The standard InChI is InChI=1S/C55H96N6O4/c1-4-6-8-10-12-14-16-18-20-22-24-26-28-30-32-37-52(62)60-47-51(61-53(63)38-33-31-29-27-25-23-21-19-17-15-13-11-9-7-5-2)55(65)59-45-44-57-46-49-39-41-50(42-40-49)54(64)58-43-35-34-36-48(3)56/h18-21,39-42,46,48,51H,4-17,22-38,43-45,47,56H2,1-3H3,(H,58,64)(H,59,65)(H,60,62)(H,61,63)/p+1/b20-18-,21-19-,57-46?. The first-order valence-electron chi connectivity index (χ1n) is 26.6. The summed E-state index contributed by atoms with van der Waals surface area (Å²) in [6.45, 7) is 7.94. The lowest BCUT2D eigenvalue weighted by atomic mass is 10.1. The third-order valence-corrected chi connectivity index (χ3v) is 11.8. The van der Waals surface area contributed by atoms with Gasteiger partial charge in [-0.3, -0.25) is 24.2 Å². The highest BCUT2D eigenvalue weighted by Gasteiger charge is 2.21. The summed E-state index contributed by atoms with van der Waals surface area (Å²) in [5.74, 6) is -0.698. The average molecular weight is 906 g/mol.